The van der Waals surface area contributed by atoms with E-state index in [1.165, 1.54) is 4.90 Å². The lowest BCUT2D eigenvalue weighted by Gasteiger charge is -2.34. The molecule has 2 amide bonds. The minimum absolute atomic E-state index is 0.148. The Balaban J connectivity index is 1.24. The summed E-state index contributed by atoms with van der Waals surface area (Å²) >= 11 is 0. The van der Waals surface area contributed by atoms with Crippen LogP contribution in [0.5, 0.6) is 0 Å². The molecule has 2 aromatic heterocycles. The molecule has 9 heteroatoms. The van der Waals surface area contributed by atoms with Crippen molar-refractivity contribution in [3.05, 3.63) is 36.2 Å². The Morgan fingerprint density at radius 2 is 2.21 bits per heavy atom. The quantitative estimate of drug-likeness (QED) is 0.818. The van der Waals surface area contributed by atoms with E-state index in [0.29, 0.717) is 31.1 Å². The predicted octanol–water partition coefficient (Wildman–Crippen LogP) is 2.44. The second kappa shape index (κ2) is 7.97. The van der Waals surface area contributed by atoms with Crippen LogP contribution in [0.1, 0.15) is 37.3 Å². The number of pyridine rings is 1. The first kappa shape index (κ1) is 18.4. The average Bonchev–Trinajstić information content (AvgIpc) is 3.36. The van der Waals surface area contributed by atoms with Gasteiger partial charge >= 0.3 is 6.09 Å². The molecule has 2 fully saturated rings. The third kappa shape index (κ3) is 3.99. The van der Waals surface area contributed by atoms with Gasteiger partial charge in [0.05, 0.1) is 5.69 Å². The predicted molar refractivity (Wildman–Crippen MR) is 101 cm³/mol. The summed E-state index contributed by atoms with van der Waals surface area (Å²) in [4.78, 5) is 29.8. The molecule has 9 nitrogen and oxygen atoms in total. The summed E-state index contributed by atoms with van der Waals surface area (Å²) in [5.41, 5.74) is 0.855. The summed E-state index contributed by atoms with van der Waals surface area (Å²) in [5, 5.41) is 9.92. The largest absolute Gasteiger partial charge is 0.446 e. The van der Waals surface area contributed by atoms with Crippen molar-refractivity contribution in [1.29, 1.82) is 0 Å². The number of aromatic amines is 1. The molecule has 1 aliphatic heterocycles. The average molecular weight is 385 g/mol. The molecule has 3 heterocycles. The number of carbonyl (C=O) groups excluding carboxylic acids is 2. The minimum atomic E-state index is -0.423. The van der Waals surface area contributed by atoms with E-state index >= 15 is 0 Å². The van der Waals surface area contributed by atoms with E-state index in [2.05, 4.69) is 20.5 Å². The van der Waals surface area contributed by atoms with Gasteiger partial charge in [0.2, 0.25) is 0 Å². The van der Waals surface area contributed by atoms with Crippen molar-refractivity contribution >= 4 is 23.6 Å². The smallest absolute Gasteiger partial charge is 0.415 e. The number of nitrogens with one attached hydrogen (secondary N) is 2. The van der Waals surface area contributed by atoms with Crippen molar-refractivity contribution in [2.45, 2.75) is 43.8 Å². The minimum Gasteiger partial charge on any atom is -0.446 e. The molecular weight excluding hydrogens is 362 g/mol. The molecule has 4 rings (SSSR count). The van der Waals surface area contributed by atoms with E-state index in [1.807, 2.05) is 12.1 Å². The standard InChI is InChI=1S/C19H23N5O4/c1-24(17-6-2-3-7-20-17)19(26)28-13-9-12(10-13)14-11-16(23-22-14)21-18(25)15-5-4-8-27-15/h2-3,6-7,11-13,15H,4-5,8-10H2,1H3,(H2,21,22,23,25)/t12-,13+,15-/m1/s1. The third-order valence-electron chi connectivity index (χ3n) is 5.13. The fourth-order valence-corrected chi connectivity index (χ4v) is 3.38. The third-order valence-corrected chi connectivity index (χ3v) is 5.13. The summed E-state index contributed by atoms with van der Waals surface area (Å²) < 4.78 is 10.9. The molecule has 0 radical (unpaired) electrons. The zero-order valence-corrected chi connectivity index (χ0v) is 15.6. The maximum Gasteiger partial charge on any atom is 0.415 e. The summed E-state index contributed by atoms with van der Waals surface area (Å²) in [6, 6.07) is 7.19. The molecule has 2 aromatic rings. The van der Waals surface area contributed by atoms with Gasteiger partial charge < -0.3 is 14.8 Å². The molecule has 1 saturated carbocycles. The van der Waals surface area contributed by atoms with E-state index in [1.54, 1.807) is 25.4 Å². The second-order valence-corrected chi connectivity index (χ2v) is 7.12. The van der Waals surface area contributed by atoms with Gasteiger partial charge in [0.25, 0.3) is 5.91 Å². The second-order valence-electron chi connectivity index (χ2n) is 7.12. The fraction of sp³-hybridized carbons (Fsp3) is 0.474. The molecule has 1 saturated heterocycles. The molecule has 0 aromatic carbocycles. The van der Waals surface area contributed by atoms with Gasteiger partial charge in [0, 0.05) is 31.8 Å². The lowest BCUT2D eigenvalue weighted by molar-refractivity contribution is -0.124. The van der Waals surface area contributed by atoms with Crippen molar-refractivity contribution in [2.75, 3.05) is 23.9 Å². The molecule has 148 valence electrons. The van der Waals surface area contributed by atoms with Crippen LogP contribution >= 0.6 is 0 Å². The van der Waals surface area contributed by atoms with Crippen molar-refractivity contribution in [1.82, 2.24) is 15.2 Å². The Labute approximate surface area is 162 Å². The fourth-order valence-electron chi connectivity index (χ4n) is 3.38. The van der Waals surface area contributed by atoms with Crippen LogP contribution in [0.4, 0.5) is 16.4 Å². The molecule has 1 aliphatic carbocycles. The highest BCUT2D eigenvalue weighted by atomic mass is 16.6. The number of ether oxygens (including phenoxy) is 2. The maximum absolute atomic E-state index is 12.2. The molecular formula is C19H23N5O4. The number of hydrogen-bond donors (Lipinski definition) is 2. The molecule has 0 bridgehead atoms. The summed E-state index contributed by atoms with van der Waals surface area (Å²) in [6.45, 7) is 0.629. The lowest BCUT2D eigenvalue weighted by Crippen LogP contribution is -2.37. The van der Waals surface area contributed by atoms with Crippen LogP contribution in [0, 0.1) is 0 Å². The van der Waals surface area contributed by atoms with Crippen LogP contribution in [0.3, 0.4) is 0 Å². The Morgan fingerprint density at radius 1 is 1.36 bits per heavy atom. The number of amides is 2. The van der Waals surface area contributed by atoms with E-state index in [4.69, 9.17) is 9.47 Å². The molecule has 2 aliphatic rings. The highest BCUT2D eigenvalue weighted by molar-refractivity contribution is 5.93. The SMILES string of the molecule is CN(C(=O)O[C@H]1C[C@@H](c2cc(NC(=O)[C@H]3CCCO3)[nH]n2)C1)c1ccccn1. The number of nitrogens with zero attached hydrogens (tertiary/aromatic N) is 3. The van der Waals surface area contributed by atoms with Gasteiger partial charge in [0.1, 0.15) is 23.8 Å². The van der Waals surface area contributed by atoms with Crippen LogP contribution in [0.15, 0.2) is 30.5 Å². The van der Waals surface area contributed by atoms with Gasteiger partial charge in [0.15, 0.2) is 0 Å². The first-order valence-electron chi connectivity index (χ1n) is 9.43. The van der Waals surface area contributed by atoms with E-state index < -0.39 is 6.09 Å². The van der Waals surface area contributed by atoms with Gasteiger partial charge in [-0.15, -0.1) is 0 Å². The number of H-pyrrole nitrogens is 1. The molecule has 0 spiro atoms. The van der Waals surface area contributed by atoms with Gasteiger partial charge in [-0.2, -0.15) is 5.10 Å². The van der Waals surface area contributed by atoms with Crippen LogP contribution in [0.25, 0.3) is 0 Å². The molecule has 28 heavy (non-hydrogen) atoms. The van der Waals surface area contributed by atoms with E-state index in [9.17, 15) is 9.59 Å². The van der Waals surface area contributed by atoms with Crippen LogP contribution < -0.4 is 10.2 Å². The van der Waals surface area contributed by atoms with Gasteiger partial charge in [-0.1, -0.05) is 6.07 Å². The van der Waals surface area contributed by atoms with Crippen LogP contribution in [-0.2, 0) is 14.3 Å². The van der Waals surface area contributed by atoms with Gasteiger partial charge in [-0.3, -0.25) is 14.8 Å². The first-order valence-corrected chi connectivity index (χ1v) is 9.43. The molecule has 0 unspecified atom stereocenters. The number of carbonyl (C=O) groups is 2. The van der Waals surface area contributed by atoms with Crippen LogP contribution in [-0.4, -0.2) is 53.0 Å². The first-order chi connectivity index (χ1) is 13.6. The zero-order chi connectivity index (χ0) is 19.5. The van der Waals surface area contributed by atoms with Crippen molar-refractivity contribution < 1.29 is 19.1 Å². The highest BCUT2D eigenvalue weighted by Crippen LogP contribution is 2.38. The summed E-state index contributed by atoms with van der Waals surface area (Å²) in [6.07, 6.45) is 3.73. The summed E-state index contributed by atoms with van der Waals surface area (Å²) in [5.74, 6) is 1.15. The van der Waals surface area contributed by atoms with Crippen molar-refractivity contribution in [2.24, 2.45) is 0 Å². The summed E-state index contributed by atoms with van der Waals surface area (Å²) in [7, 11) is 1.64. The van der Waals surface area contributed by atoms with Crippen molar-refractivity contribution in [3.63, 3.8) is 0 Å². The molecule has 1 atom stereocenters. The number of anilines is 2. The normalized spacial score (nSPS) is 23.7. The number of aromatic nitrogens is 3. The topological polar surface area (TPSA) is 109 Å². The Bertz CT molecular complexity index is 828. The number of rotatable bonds is 5. The Kier molecular flexibility index (Phi) is 5.25. The monoisotopic (exact) mass is 385 g/mol. The van der Waals surface area contributed by atoms with Gasteiger partial charge in [-0.05, 0) is 37.8 Å². The number of hydrogen-bond acceptors (Lipinski definition) is 6. The van der Waals surface area contributed by atoms with Crippen molar-refractivity contribution in [3.8, 4) is 0 Å². The van der Waals surface area contributed by atoms with Gasteiger partial charge in [-0.25, -0.2) is 9.78 Å². The maximum atomic E-state index is 12.2. The zero-order valence-electron chi connectivity index (χ0n) is 15.6. The van der Waals surface area contributed by atoms with Crippen LogP contribution in [0.2, 0.25) is 0 Å². The lowest BCUT2D eigenvalue weighted by atomic mass is 9.80. The Morgan fingerprint density at radius 3 is 2.93 bits per heavy atom. The highest BCUT2D eigenvalue weighted by Gasteiger charge is 2.36. The Hall–Kier alpha value is -2.94. The van der Waals surface area contributed by atoms with E-state index in [-0.39, 0.29) is 24.0 Å². The van der Waals surface area contributed by atoms with E-state index in [0.717, 1.165) is 18.5 Å². The molecule has 2 N–H and O–H groups in total.